The van der Waals surface area contributed by atoms with Gasteiger partial charge in [0.25, 0.3) is 0 Å². The number of nitrogens with one attached hydrogen (secondary N) is 2. The van der Waals surface area contributed by atoms with Crippen molar-refractivity contribution in [2.24, 2.45) is 0 Å². The first-order chi connectivity index (χ1) is 8.25. The Kier molecular flexibility index (Phi) is 4.45. The average molecular weight is 240 g/mol. The lowest BCUT2D eigenvalue weighted by molar-refractivity contribution is 0.204. The van der Waals surface area contributed by atoms with E-state index in [9.17, 15) is 8.78 Å². The molecule has 0 bridgehead atoms. The zero-order valence-electron chi connectivity index (χ0n) is 9.76. The minimum absolute atomic E-state index is 0.0447. The lowest BCUT2D eigenvalue weighted by Crippen LogP contribution is -2.49. The van der Waals surface area contributed by atoms with Crippen LogP contribution in [0.3, 0.4) is 0 Å². The molecule has 1 fully saturated rings. The van der Waals surface area contributed by atoms with E-state index in [-0.39, 0.29) is 11.9 Å². The van der Waals surface area contributed by atoms with Crippen LogP contribution in [0.1, 0.15) is 12.0 Å². The maximum absolute atomic E-state index is 13.5. The van der Waals surface area contributed by atoms with Gasteiger partial charge in [0.05, 0.1) is 0 Å². The third kappa shape index (κ3) is 3.75. The SMILES string of the molecule is Fc1ccc(CCN[C@H]2CCNC[C@H]2F)cc1. The molecule has 1 aliphatic rings. The monoisotopic (exact) mass is 240 g/mol. The lowest BCUT2D eigenvalue weighted by Gasteiger charge is -2.27. The topological polar surface area (TPSA) is 24.1 Å². The lowest BCUT2D eigenvalue weighted by atomic mass is 10.0. The molecule has 1 heterocycles. The van der Waals surface area contributed by atoms with E-state index in [1.54, 1.807) is 12.1 Å². The Balaban J connectivity index is 1.73. The molecule has 2 N–H and O–H groups in total. The van der Waals surface area contributed by atoms with Gasteiger partial charge in [-0.1, -0.05) is 12.1 Å². The van der Waals surface area contributed by atoms with Crippen molar-refractivity contribution >= 4 is 0 Å². The highest BCUT2D eigenvalue weighted by molar-refractivity contribution is 5.16. The Bertz CT molecular complexity index is 340. The number of hydrogen-bond acceptors (Lipinski definition) is 2. The molecule has 1 aromatic carbocycles. The molecule has 2 rings (SSSR count). The molecule has 17 heavy (non-hydrogen) atoms. The van der Waals surface area contributed by atoms with Crippen molar-refractivity contribution in [1.82, 2.24) is 10.6 Å². The maximum atomic E-state index is 13.5. The van der Waals surface area contributed by atoms with Gasteiger partial charge >= 0.3 is 0 Å². The van der Waals surface area contributed by atoms with Crippen molar-refractivity contribution in [3.05, 3.63) is 35.6 Å². The third-order valence-electron chi connectivity index (χ3n) is 3.14. The summed E-state index contributed by atoms with van der Waals surface area (Å²) in [5, 5.41) is 6.25. The fraction of sp³-hybridized carbons (Fsp3) is 0.538. The molecule has 94 valence electrons. The fourth-order valence-electron chi connectivity index (χ4n) is 2.10. The van der Waals surface area contributed by atoms with Crippen molar-refractivity contribution in [3.8, 4) is 0 Å². The molecule has 1 aliphatic heterocycles. The van der Waals surface area contributed by atoms with Gasteiger partial charge in [-0.15, -0.1) is 0 Å². The summed E-state index contributed by atoms with van der Waals surface area (Å²) < 4.78 is 26.1. The average Bonchev–Trinajstić information content (AvgIpc) is 2.34. The van der Waals surface area contributed by atoms with Crippen molar-refractivity contribution in [2.45, 2.75) is 25.1 Å². The summed E-state index contributed by atoms with van der Waals surface area (Å²) in [6.07, 6.45) is 0.818. The first kappa shape index (κ1) is 12.5. The molecule has 0 aliphatic carbocycles. The number of alkyl halides is 1. The number of piperidine rings is 1. The van der Waals surface area contributed by atoms with E-state index < -0.39 is 6.17 Å². The molecule has 1 aromatic rings. The highest BCUT2D eigenvalue weighted by atomic mass is 19.1. The van der Waals surface area contributed by atoms with Crippen LogP contribution in [0.2, 0.25) is 0 Å². The second kappa shape index (κ2) is 6.07. The van der Waals surface area contributed by atoms with Crippen LogP contribution in [-0.2, 0) is 6.42 Å². The van der Waals surface area contributed by atoms with Gasteiger partial charge in [-0.05, 0) is 43.6 Å². The number of hydrogen-bond donors (Lipinski definition) is 2. The minimum atomic E-state index is -0.808. The van der Waals surface area contributed by atoms with Crippen LogP contribution in [0.15, 0.2) is 24.3 Å². The first-order valence-corrected chi connectivity index (χ1v) is 6.08. The molecule has 2 nitrogen and oxygen atoms in total. The normalized spacial score (nSPS) is 24.8. The van der Waals surface area contributed by atoms with E-state index in [1.165, 1.54) is 12.1 Å². The molecule has 0 saturated carbocycles. The van der Waals surface area contributed by atoms with E-state index in [2.05, 4.69) is 10.6 Å². The number of rotatable bonds is 4. The quantitative estimate of drug-likeness (QED) is 0.836. The van der Waals surface area contributed by atoms with Gasteiger partial charge in [0, 0.05) is 12.6 Å². The highest BCUT2D eigenvalue weighted by Gasteiger charge is 2.23. The largest absolute Gasteiger partial charge is 0.314 e. The van der Waals surface area contributed by atoms with Gasteiger partial charge < -0.3 is 10.6 Å². The molecule has 0 unspecified atom stereocenters. The van der Waals surface area contributed by atoms with Gasteiger partial charge in [0.2, 0.25) is 0 Å². The van der Waals surface area contributed by atoms with Gasteiger partial charge in [-0.3, -0.25) is 0 Å². The summed E-state index contributed by atoms with van der Waals surface area (Å²) in [7, 11) is 0. The van der Waals surface area contributed by atoms with E-state index in [0.717, 1.165) is 31.5 Å². The summed E-state index contributed by atoms with van der Waals surface area (Å²) in [6, 6.07) is 6.41. The van der Waals surface area contributed by atoms with Crippen molar-refractivity contribution < 1.29 is 8.78 Å². The van der Waals surface area contributed by atoms with Crippen molar-refractivity contribution in [2.75, 3.05) is 19.6 Å². The maximum Gasteiger partial charge on any atom is 0.128 e. The smallest absolute Gasteiger partial charge is 0.128 e. The Hall–Kier alpha value is -1.00. The third-order valence-corrected chi connectivity index (χ3v) is 3.14. The van der Waals surface area contributed by atoms with Crippen molar-refractivity contribution in [3.63, 3.8) is 0 Å². The molecule has 1 saturated heterocycles. The van der Waals surface area contributed by atoms with Gasteiger partial charge in [0.15, 0.2) is 0 Å². The summed E-state index contributed by atoms with van der Waals surface area (Å²) in [5.41, 5.74) is 1.07. The van der Waals surface area contributed by atoms with Crippen LogP contribution in [0.4, 0.5) is 8.78 Å². The molecule has 0 radical (unpaired) electrons. The summed E-state index contributed by atoms with van der Waals surface area (Å²) in [4.78, 5) is 0. The van der Waals surface area contributed by atoms with Crippen LogP contribution in [-0.4, -0.2) is 31.8 Å². The molecule has 4 heteroatoms. The summed E-state index contributed by atoms with van der Waals surface area (Å²) in [6.45, 7) is 2.04. The van der Waals surface area contributed by atoms with E-state index in [4.69, 9.17) is 0 Å². The zero-order valence-corrected chi connectivity index (χ0v) is 9.76. The second-order valence-electron chi connectivity index (χ2n) is 4.45. The van der Waals surface area contributed by atoms with Crippen molar-refractivity contribution in [1.29, 1.82) is 0 Å². The fourth-order valence-corrected chi connectivity index (χ4v) is 2.10. The Labute approximate surface area is 100 Å². The summed E-state index contributed by atoms with van der Waals surface area (Å²) in [5.74, 6) is -0.219. The number of halogens is 2. The standard InChI is InChI=1S/C13H18F2N2/c14-11-3-1-10(2-4-11)5-8-17-13-6-7-16-9-12(13)15/h1-4,12-13,16-17H,5-9H2/t12-,13+/m1/s1. The Morgan fingerprint density at radius 1 is 1.29 bits per heavy atom. The van der Waals surface area contributed by atoms with Crippen LogP contribution in [0.25, 0.3) is 0 Å². The van der Waals surface area contributed by atoms with Gasteiger partial charge in [-0.25, -0.2) is 8.78 Å². The van der Waals surface area contributed by atoms with Crippen LogP contribution in [0, 0.1) is 5.82 Å². The Morgan fingerprint density at radius 3 is 2.76 bits per heavy atom. The van der Waals surface area contributed by atoms with Crippen LogP contribution in [0.5, 0.6) is 0 Å². The van der Waals surface area contributed by atoms with Gasteiger partial charge in [-0.2, -0.15) is 0 Å². The minimum Gasteiger partial charge on any atom is -0.314 e. The molecule has 0 amide bonds. The first-order valence-electron chi connectivity index (χ1n) is 6.08. The highest BCUT2D eigenvalue weighted by Crippen LogP contribution is 2.08. The predicted molar refractivity (Wildman–Crippen MR) is 64.3 cm³/mol. The van der Waals surface area contributed by atoms with Crippen LogP contribution >= 0.6 is 0 Å². The molecule has 2 atom stereocenters. The van der Waals surface area contributed by atoms with E-state index in [1.807, 2.05) is 0 Å². The molecule has 0 aromatic heterocycles. The predicted octanol–water partition coefficient (Wildman–Crippen LogP) is 1.66. The van der Waals surface area contributed by atoms with Crippen LogP contribution < -0.4 is 10.6 Å². The van der Waals surface area contributed by atoms with Gasteiger partial charge in [0.1, 0.15) is 12.0 Å². The Morgan fingerprint density at radius 2 is 2.06 bits per heavy atom. The molecule has 0 spiro atoms. The number of benzene rings is 1. The molecular weight excluding hydrogens is 222 g/mol. The molecular formula is C13H18F2N2. The van der Waals surface area contributed by atoms with E-state index in [0.29, 0.717) is 6.54 Å². The van der Waals surface area contributed by atoms with E-state index >= 15 is 0 Å². The zero-order chi connectivity index (χ0) is 12.1. The second-order valence-corrected chi connectivity index (χ2v) is 4.45. The summed E-state index contributed by atoms with van der Waals surface area (Å²) >= 11 is 0.